The third kappa shape index (κ3) is 2.45. The second-order valence-corrected chi connectivity index (χ2v) is 4.26. The molecular weight excluding hydrogens is 259 g/mol. The van der Waals surface area contributed by atoms with Crippen molar-refractivity contribution in [2.75, 3.05) is 5.01 Å². The van der Waals surface area contributed by atoms with Gasteiger partial charge in [-0.15, -0.1) is 0 Å². The van der Waals surface area contributed by atoms with Crippen LogP contribution in [-0.4, -0.2) is 16.6 Å². The van der Waals surface area contributed by atoms with Crippen molar-refractivity contribution in [3.8, 4) is 0 Å². The zero-order valence-electron chi connectivity index (χ0n) is 10.4. The predicted molar refractivity (Wildman–Crippen MR) is 63.6 cm³/mol. The number of hydrogen-bond acceptors (Lipinski definition) is 3. The Bertz CT molecular complexity index is 522. The highest BCUT2D eigenvalue weighted by molar-refractivity contribution is 6.14. The van der Waals surface area contributed by atoms with Crippen LogP contribution < -0.4 is 5.01 Å². The maximum atomic E-state index is 12.4. The number of carbonyl (C=O) groups excluding carboxylic acids is 1. The molecule has 0 saturated carbocycles. The van der Waals surface area contributed by atoms with E-state index in [9.17, 15) is 18.0 Å². The number of hydrazone groups is 1. The first-order chi connectivity index (χ1) is 8.84. The summed E-state index contributed by atoms with van der Waals surface area (Å²) in [6.45, 7) is 3.57. The predicted octanol–water partition coefficient (Wildman–Crippen LogP) is 2.85. The third-order valence-corrected chi connectivity index (χ3v) is 2.97. The molecule has 0 N–H and O–H groups in total. The molecule has 2 rings (SSSR count). The molecule has 1 aromatic heterocycles. The van der Waals surface area contributed by atoms with Crippen LogP contribution in [0.25, 0.3) is 0 Å². The molecule has 1 atom stereocenters. The van der Waals surface area contributed by atoms with E-state index in [1.54, 1.807) is 6.92 Å². The first kappa shape index (κ1) is 13.5. The normalized spacial score (nSPS) is 19.8. The van der Waals surface area contributed by atoms with Gasteiger partial charge in [0.25, 0.3) is 5.91 Å². The second-order valence-electron chi connectivity index (χ2n) is 4.26. The SMILES string of the molecule is CCC1C(=O)N(c2ccc(C(F)(F)F)cn2)N=C1C. The van der Waals surface area contributed by atoms with Crippen molar-refractivity contribution in [1.82, 2.24) is 4.98 Å². The molecule has 1 amide bonds. The number of alkyl halides is 3. The van der Waals surface area contributed by atoms with E-state index in [0.29, 0.717) is 18.3 Å². The number of amides is 1. The summed E-state index contributed by atoms with van der Waals surface area (Å²) in [5.41, 5.74) is -0.204. The number of hydrogen-bond donors (Lipinski definition) is 0. The Kier molecular flexibility index (Phi) is 3.30. The lowest BCUT2D eigenvalue weighted by Gasteiger charge is -2.13. The van der Waals surface area contributed by atoms with Crippen molar-refractivity contribution in [1.29, 1.82) is 0 Å². The Hall–Kier alpha value is -1.92. The quantitative estimate of drug-likeness (QED) is 0.830. The van der Waals surface area contributed by atoms with E-state index in [0.717, 1.165) is 17.1 Å². The summed E-state index contributed by atoms with van der Waals surface area (Å²) >= 11 is 0. The summed E-state index contributed by atoms with van der Waals surface area (Å²) in [4.78, 5) is 15.6. The highest BCUT2D eigenvalue weighted by Crippen LogP contribution is 2.30. The largest absolute Gasteiger partial charge is 0.417 e. The highest BCUT2D eigenvalue weighted by Gasteiger charge is 2.35. The van der Waals surface area contributed by atoms with E-state index in [1.807, 2.05) is 6.92 Å². The van der Waals surface area contributed by atoms with Gasteiger partial charge in [-0.1, -0.05) is 6.92 Å². The minimum Gasteiger partial charge on any atom is -0.272 e. The van der Waals surface area contributed by atoms with Crippen molar-refractivity contribution in [2.24, 2.45) is 11.0 Å². The van der Waals surface area contributed by atoms with Crippen molar-refractivity contribution in [3.05, 3.63) is 23.9 Å². The van der Waals surface area contributed by atoms with Gasteiger partial charge in [0.2, 0.25) is 0 Å². The summed E-state index contributed by atoms with van der Waals surface area (Å²) in [5.74, 6) is -0.468. The second kappa shape index (κ2) is 4.64. The molecule has 0 bridgehead atoms. The molecule has 0 aliphatic carbocycles. The Morgan fingerprint density at radius 3 is 2.47 bits per heavy atom. The standard InChI is InChI=1S/C12H12F3N3O/c1-3-9-7(2)17-18(11(9)19)10-5-4-8(6-16-10)12(13,14)15/h4-6,9H,3H2,1-2H3. The van der Waals surface area contributed by atoms with E-state index >= 15 is 0 Å². The summed E-state index contributed by atoms with van der Waals surface area (Å²) in [5, 5.41) is 5.10. The minimum atomic E-state index is -4.44. The lowest BCUT2D eigenvalue weighted by Crippen LogP contribution is -2.27. The highest BCUT2D eigenvalue weighted by atomic mass is 19.4. The fourth-order valence-electron chi connectivity index (χ4n) is 1.92. The number of aromatic nitrogens is 1. The molecular formula is C12H12F3N3O. The average Bonchev–Trinajstić information content (AvgIpc) is 2.63. The van der Waals surface area contributed by atoms with Gasteiger partial charge < -0.3 is 0 Å². The van der Waals surface area contributed by atoms with Crippen LogP contribution in [0.5, 0.6) is 0 Å². The molecule has 1 aromatic rings. The number of halogens is 3. The molecule has 0 spiro atoms. The fraction of sp³-hybridized carbons (Fsp3) is 0.417. The summed E-state index contributed by atoms with van der Waals surface area (Å²) < 4.78 is 37.2. The van der Waals surface area contributed by atoms with Gasteiger partial charge in [0.15, 0.2) is 5.82 Å². The van der Waals surface area contributed by atoms with E-state index in [4.69, 9.17) is 0 Å². The summed E-state index contributed by atoms with van der Waals surface area (Å²) in [6, 6.07) is 2.04. The van der Waals surface area contributed by atoms with Gasteiger partial charge in [0, 0.05) is 11.9 Å². The third-order valence-electron chi connectivity index (χ3n) is 2.97. The number of nitrogens with zero attached hydrogens (tertiary/aromatic N) is 3. The monoisotopic (exact) mass is 271 g/mol. The van der Waals surface area contributed by atoms with Crippen LogP contribution in [0.2, 0.25) is 0 Å². The topological polar surface area (TPSA) is 45.6 Å². The van der Waals surface area contributed by atoms with Gasteiger partial charge in [-0.3, -0.25) is 4.79 Å². The Balaban J connectivity index is 2.27. The van der Waals surface area contributed by atoms with Crippen LogP contribution in [0, 0.1) is 5.92 Å². The van der Waals surface area contributed by atoms with Crippen LogP contribution in [0.4, 0.5) is 19.0 Å². The zero-order valence-corrected chi connectivity index (χ0v) is 10.4. The summed E-state index contributed by atoms with van der Waals surface area (Å²) in [7, 11) is 0. The van der Waals surface area contributed by atoms with Crippen LogP contribution in [0.1, 0.15) is 25.8 Å². The molecule has 1 unspecified atom stereocenters. The molecule has 19 heavy (non-hydrogen) atoms. The van der Waals surface area contributed by atoms with Crippen molar-refractivity contribution < 1.29 is 18.0 Å². The zero-order chi connectivity index (χ0) is 14.2. The molecule has 7 heteroatoms. The first-order valence-corrected chi connectivity index (χ1v) is 5.77. The number of rotatable bonds is 2. The Labute approximate surface area is 107 Å². The molecule has 4 nitrogen and oxygen atoms in total. The number of anilines is 1. The van der Waals surface area contributed by atoms with Crippen LogP contribution >= 0.6 is 0 Å². The molecule has 2 heterocycles. The van der Waals surface area contributed by atoms with Gasteiger partial charge >= 0.3 is 6.18 Å². The summed E-state index contributed by atoms with van der Waals surface area (Å²) in [6.07, 6.45) is -3.14. The van der Waals surface area contributed by atoms with Crippen molar-refractivity contribution in [2.45, 2.75) is 26.4 Å². The molecule has 1 aliphatic heterocycles. The molecule has 0 saturated heterocycles. The number of carbonyl (C=O) groups is 1. The maximum absolute atomic E-state index is 12.4. The van der Waals surface area contributed by atoms with Gasteiger partial charge in [0.05, 0.1) is 11.5 Å². The van der Waals surface area contributed by atoms with Crippen LogP contribution in [0.15, 0.2) is 23.4 Å². The van der Waals surface area contributed by atoms with E-state index < -0.39 is 11.7 Å². The molecule has 102 valence electrons. The van der Waals surface area contributed by atoms with Gasteiger partial charge in [-0.05, 0) is 25.5 Å². The average molecular weight is 271 g/mol. The Morgan fingerprint density at radius 1 is 1.37 bits per heavy atom. The first-order valence-electron chi connectivity index (χ1n) is 5.77. The van der Waals surface area contributed by atoms with E-state index in [1.165, 1.54) is 0 Å². The van der Waals surface area contributed by atoms with E-state index in [-0.39, 0.29) is 17.6 Å². The Morgan fingerprint density at radius 2 is 2.05 bits per heavy atom. The fourth-order valence-corrected chi connectivity index (χ4v) is 1.92. The van der Waals surface area contributed by atoms with Crippen molar-refractivity contribution in [3.63, 3.8) is 0 Å². The molecule has 0 radical (unpaired) electrons. The minimum absolute atomic E-state index is 0.105. The lowest BCUT2D eigenvalue weighted by molar-refractivity contribution is -0.137. The molecule has 1 aliphatic rings. The van der Waals surface area contributed by atoms with Gasteiger partial charge in [0.1, 0.15) is 0 Å². The maximum Gasteiger partial charge on any atom is 0.417 e. The van der Waals surface area contributed by atoms with Gasteiger partial charge in [-0.25, -0.2) is 4.98 Å². The lowest BCUT2D eigenvalue weighted by atomic mass is 10.0. The number of pyridine rings is 1. The smallest absolute Gasteiger partial charge is 0.272 e. The molecule has 0 fully saturated rings. The van der Waals surface area contributed by atoms with Crippen LogP contribution in [-0.2, 0) is 11.0 Å². The van der Waals surface area contributed by atoms with Crippen LogP contribution in [0.3, 0.4) is 0 Å². The van der Waals surface area contributed by atoms with Gasteiger partial charge in [-0.2, -0.15) is 23.3 Å². The molecule has 0 aromatic carbocycles. The van der Waals surface area contributed by atoms with E-state index in [2.05, 4.69) is 10.1 Å². The van der Waals surface area contributed by atoms with Crippen molar-refractivity contribution >= 4 is 17.4 Å².